The highest BCUT2D eigenvalue weighted by molar-refractivity contribution is 5.89. The van der Waals surface area contributed by atoms with Gasteiger partial charge in [0.2, 0.25) is 18.6 Å². The predicted octanol–water partition coefficient (Wildman–Crippen LogP) is 8.51. The summed E-state index contributed by atoms with van der Waals surface area (Å²) in [7, 11) is 2.70. The van der Waals surface area contributed by atoms with Gasteiger partial charge < -0.3 is 38.7 Å². The van der Waals surface area contributed by atoms with Crippen molar-refractivity contribution in [1.82, 2.24) is 29.7 Å². The van der Waals surface area contributed by atoms with Crippen LogP contribution in [0.1, 0.15) is 91.0 Å². The van der Waals surface area contributed by atoms with E-state index in [-0.39, 0.29) is 73.2 Å². The third-order valence-corrected chi connectivity index (χ3v) is 13.1. The molecule has 2 aromatic heterocycles. The Balaban J connectivity index is 1.00. The normalized spacial score (nSPS) is 20.5. The molecule has 332 valence electrons. The molecule has 3 aromatic carbocycles. The van der Waals surface area contributed by atoms with Crippen molar-refractivity contribution in [3.63, 3.8) is 0 Å². The van der Waals surface area contributed by atoms with Gasteiger partial charge in [0.1, 0.15) is 11.6 Å². The summed E-state index contributed by atoms with van der Waals surface area (Å²) in [4.78, 5) is 72.7. The topological polar surface area (TPSA) is 169 Å². The minimum atomic E-state index is -0.474. The Bertz CT molecular complexity index is 2510. The van der Waals surface area contributed by atoms with Crippen LogP contribution in [0.5, 0.6) is 11.5 Å². The van der Waals surface area contributed by atoms with E-state index in [1.165, 1.54) is 14.2 Å². The Morgan fingerprint density at radius 3 is 1.75 bits per heavy atom. The Hall–Kier alpha value is -6.18. The lowest BCUT2D eigenvalue weighted by molar-refractivity contribution is -0.148. The lowest BCUT2D eigenvalue weighted by Crippen LogP contribution is -2.39. The number of likely N-dealkylation sites (tertiary alicyclic amines) is 2. The number of hydrogen-bond acceptors (Lipinski definition) is 10. The van der Waals surface area contributed by atoms with Gasteiger partial charge in [-0.2, -0.15) is 0 Å². The van der Waals surface area contributed by atoms with Gasteiger partial charge in [-0.05, 0) is 77.5 Å². The van der Waals surface area contributed by atoms with Gasteiger partial charge >= 0.3 is 11.9 Å². The molecule has 0 unspecified atom stereocenters. The Kier molecular flexibility index (Phi) is 12.3. The summed E-state index contributed by atoms with van der Waals surface area (Å²) >= 11 is 0. The number of benzene rings is 3. The quantitative estimate of drug-likeness (QED) is 0.110. The summed E-state index contributed by atoms with van der Waals surface area (Å²) in [6.45, 7) is 13.4. The third-order valence-electron chi connectivity index (χ3n) is 13.1. The summed E-state index contributed by atoms with van der Waals surface area (Å²) in [5.41, 5.74) is 7.12. The minimum absolute atomic E-state index is 0.0162. The predicted molar refractivity (Wildman–Crippen MR) is 237 cm³/mol. The first-order chi connectivity index (χ1) is 30.2. The fraction of sp³-hybridized carbons (Fsp3) is 0.469. The van der Waals surface area contributed by atoms with Crippen molar-refractivity contribution in [3.8, 4) is 45.0 Å². The Morgan fingerprint density at radius 2 is 1.21 bits per heavy atom. The largest absolute Gasteiger partial charge is 0.469 e. The minimum Gasteiger partial charge on any atom is -0.469 e. The number of esters is 2. The summed E-state index contributed by atoms with van der Waals surface area (Å²) in [6.07, 6.45) is 3.46. The highest BCUT2D eigenvalue weighted by Crippen LogP contribution is 2.48. The van der Waals surface area contributed by atoms with Crippen LogP contribution in [0.4, 0.5) is 0 Å². The number of fused-ring (bicyclic) bond motifs is 2. The lowest BCUT2D eigenvalue weighted by atomic mass is 9.90. The number of nitrogens with one attached hydrogen (secondary N) is 2. The first-order valence-corrected chi connectivity index (χ1v) is 22.1. The fourth-order valence-electron chi connectivity index (χ4n) is 9.55. The molecule has 0 spiro atoms. The van der Waals surface area contributed by atoms with Crippen LogP contribution < -0.4 is 9.47 Å². The molecule has 8 rings (SSSR count). The first-order valence-electron chi connectivity index (χ1n) is 22.1. The van der Waals surface area contributed by atoms with Crippen LogP contribution in [-0.2, 0) is 28.7 Å². The van der Waals surface area contributed by atoms with Crippen LogP contribution in [0.2, 0.25) is 0 Å². The summed E-state index contributed by atoms with van der Waals surface area (Å²) in [5, 5.41) is 0. The number of aromatic amines is 2. The maximum atomic E-state index is 13.9. The maximum absolute atomic E-state index is 13.9. The summed E-state index contributed by atoms with van der Waals surface area (Å²) in [6, 6.07) is 17.9. The fourth-order valence-corrected chi connectivity index (χ4v) is 9.55. The number of rotatable bonds is 13. The number of carbonyl (C=O) groups is 4. The number of imidazole rings is 2. The molecule has 0 aliphatic carbocycles. The molecule has 0 saturated carbocycles. The number of methoxy groups -OCH3 is 2. The molecule has 2 N–H and O–H groups in total. The van der Waals surface area contributed by atoms with Crippen molar-refractivity contribution in [2.24, 2.45) is 35.5 Å². The molecule has 2 amide bonds. The van der Waals surface area contributed by atoms with Crippen LogP contribution in [0.3, 0.4) is 0 Å². The molecule has 5 heterocycles. The van der Waals surface area contributed by atoms with Gasteiger partial charge in [0.25, 0.3) is 0 Å². The van der Waals surface area contributed by atoms with Crippen molar-refractivity contribution in [2.45, 2.75) is 79.3 Å². The number of amides is 2. The van der Waals surface area contributed by atoms with E-state index in [9.17, 15) is 19.2 Å². The average Bonchev–Trinajstić information content (AvgIpc) is 4.13. The lowest BCUT2D eigenvalue weighted by Gasteiger charge is -2.29. The summed E-state index contributed by atoms with van der Waals surface area (Å²) < 4.78 is 22.0. The van der Waals surface area contributed by atoms with Crippen LogP contribution in [-0.4, -0.2) is 87.6 Å². The van der Waals surface area contributed by atoms with Crippen molar-refractivity contribution in [1.29, 1.82) is 0 Å². The first kappa shape index (κ1) is 43.5. The van der Waals surface area contributed by atoms with E-state index in [0.29, 0.717) is 30.5 Å². The van der Waals surface area contributed by atoms with E-state index in [0.717, 1.165) is 69.0 Å². The molecule has 14 nitrogen and oxygen atoms in total. The standard InChI is InChI=1S/C49H58N6O8/c1-26(2)35(20-42(56)60-7)48(58)54-23-28(5)17-40(54)46-50-22-39(53-46)31-11-9-30(10-12-31)33-14-15-34(45-44(33)62-25-63-45)32-13-16-37-38(19-32)52-47(51-37)41-18-29(6)24-55(41)49(59)36(27(3)4)21-43(57)61-8/h9-16,19,22,26-29,35-36,40-41H,17-18,20-21,23-25H2,1-8H3,(H,50,53)(H,51,52)/t28-,29-,35-,36-,40-,41-/m0/s1. The van der Waals surface area contributed by atoms with Crippen LogP contribution >= 0.6 is 0 Å². The average molecular weight is 859 g/mol. The molecule has 0 bridgehead atoms. The van der Waals surface area contributed by atoms with Crippen LogP contribution in [0, 0.1) is 35.5 Å². The summed E-state index contributed by atoms with van der Waals surface area (Å²) in [5.74, 6) is 1.52. The number of ether oxygens (including phenoxy) is 4. The van der Waals surface area contributed by atoms with Crippen molar-refractivity contribution < 1.29 is 38.1 Å². The van der Waals surface area contributed by atoms with Gasteiger partial charge in [0.05, 0.1) is 73.9 Å². The van der Waals surface area contributed by atoms with Gasteiger partial charge in [-0.3, -0.25) is 19.2 Å². The smallest absolute Gasteiger partial charge is 0.306 e. The Labute approximate surface area is 368 Å². The van der Waals surface area contributed by atoms with Crippen molar-refractivity contribution in [2.75, 3.05) is 34.1 Å². The van der Waals surface area contributed by atoms with E-state index in [4.69, 9.17) is 28.9 Å². The van der Waals surface area contributed by atoms with E-state index in [2.05, 4.69) is 48.1 Å². The zero-order valence-corrected chi connectivity index (χ0v) is 37.4. The SMILES string of the molecule is COC(=O)C[C@H](C(=O)N1C[C@@H](C)C[C@H]1c1ncc(-c2ccc(-c3ccc(-c4ccc5nc([C@@H]6C[C@H](C)CN6C(=O)[C@@H](CC(=O)OC)C(C)C)[nH]c5c4)c4c3OCO4)cc2)[nH]1)C(C)C. The van der Waals surface area contributed by atoms with Crippen molar-refractivity contribution >= 4 is 34.8 Å². The van der Waals surface area contributed by atoms with Gasteiger partial charge in [0, 0.05) is 24.2 Å². The zero-order valence-electron chi connectivity index (χ0n) is 37.4. The van der Waals surface area contributed by atoms with Gasteiger partial charge in [0.15, 0.2) is 11.5 Å². The van der Waals surface area contributed by atoms with Crippen molar-refractivity contribution in [3.05, 3.63) is 72.4 Å². The van der Waals surface area contributed by atoms with Gasteiger partial charge in [-0.15, -0.1) is 0 Å². The number of nitrogens with zero attached hydrogens (tertiary/aromatic N) is 4. The van der Waals surface area contributed by atoms with E-state index in [1.54, 1.807) is 0 Å². The van der Waals surface area contributed by atoms with Crippen LogP contribution in [0.15, 0.2) is 60.8 Å². The van der Waals surface area contributed by atoms with E-state index in [1.807, 2.05) is 74.0 Å². The second-order valence-electron chi connectivity index (χ2n) is 18.3. The second kappa shape index (κ2) is 17.9. The van der Waals surface area contributed by atoms with E-state index >= 15 is 0 Å². The maximum Gasteiger partial charge on any atom is 0.306 e. The number of aromatic nitrogens is 4. The highest BCUT2D eigenvalue weighted by Gasteiger charge is 2.42. The highest BCUT2D eigenvalue weighted by atomic mass is 16.7. The number of H-pyrrole nitrogens is 2. The third kappa shape index (κ3) is 8.64. The Morgan fingerprint density at radius 1 is 0.698 bits per heavy atom. The molecule has 0 radical (unpaired) electrons. The molecule has 3 aliphatic rings. The van der Waals surface area contributed by atoms with Gasteiger partial charge in [-0.25, -0.2) is 9.97 Å². The van der Waals surface area contributed by atoms with Crippen LogP contribution in [0.25, 0.3) is 44.5 Å². The molecule has 14 heteroatoms. The molecular weight excluding hydrogens is 801 g/mol. The molecule has 2 fully saturated rings. The van der Waals surface area contributed by atoms with E-state index < -0.39 is 11.8 Å². The molecule has 3 aliphatic heterocycles. The zero-order chi connectivity index (χ0) is 44.7. The molecule has 6 atom stereocenters. The molecule has 2 saturated heterocycles. The second-order valence-corrected chi connectivity index (χ2v) is 18.3. The van der Waals surface area contributed by atoms with Gasteiger partial charge in [-0.1, -0.05) is 71.9 Å². The number of carbonyl (C=O) groups excluding carboxylic acids is 4. The molecule has 63 heavy (non-hydrogen) atoms. The number of hydrogen-bond donors (Lipinski definition) is 2. The molecule has 5 aromatic rings. The molecular formula is C49H58N6O8. The monoisotopic (exact) mass is 858 g/mol.